The quantitative estimate of drug-likeness (QED) is 0.861. The Morgan fingerprint density at radius 3 is 2.50 bits per heavy atom. The maximum absolute atomic E-state index is 9.70. The Morgan fingerprint density at radius 1 is 1.18 bits per heavy atom. The summed E-state index contributed by atoms with van der Waals surface area (Å²) in [6.45, 7) is 2.15. The number of benzene rings is 2. The predicted octanol–water partition coefficient (Wildman–Crippen LogP) is 4.22. The molecule has 2 aromatic rings. The highest BCUT2D eigenvalue weighted by atomic mass is 16.5. The summed E-state index contributed by atoms with van der Waals surface area (Å²) in [6, 6.07) is 16.1. The van der Waals surface area contributed by atoms with E-state index in [1.807, 2.05) is 36.4 Å². The summed E-state index contributed by atoms with van der Waals surface area (Å²) in [6.07, 6.45) is 0.949. The molecule has 2 N–H and O–H groups in total. The lowest BCUT2D eigenvalue weighted by molar-refractivity contribution is 0.414. The first-order chi connectivity index (χ1) is 10.7. The summed E-state index contributed by atoms with van der Waals surface area (Å²) >= 11 is 0. The second-order valence-electron chi connectivity index (χ2n) is 5.44. The van der Waals surface area contributed by atoms with Gasteiger partial charge in [0.2, 0.25) is 0 Å². The van der Waals surface area contributed by atoms with Crippen LogP contribution in [0.3, 0.4) is 0 Å². The Labute approximate surface area is 130 Å². The normalized spacial score (nSPS) is 16.3. The maximum Gasteiger partial charge on any atom is 0.119 e. The first kappa shape index (κ1) is 14.2. The Hall–Kier alpha value is -2.73. The fourth-order valence-electron chi connectivity index (χ4n) is 3.21. The highest BCUT2D eigenvalue weighted by Gasteiger charge is 2.31. The second-order valence-corrected chi connectivity index (χ2v) is 5.44. The van der Waals surface area contributed by atoms with Crippen molar-refractivity contribution in [2.24, 2.45) is 0 Å². The molecule has 3 nitrogen and oxygen atoms in total. The number of allylic oxidation sites excluding steroid dienone is 2. The van der Waals surface area contributed by atoms with Crippen LogP contribution >= 0.6 is 0 Å². The highest BCUT2D eigenvalue weighted by Crippen LogP contribution is 2.49. The summed E-state index contributed by atoms with van der Waals surface area (Å²) in [5.74, 6) is 1.01. The van der Waals surface area contributed by atoms with Crippen molar-refractivity contribution in [2.75, 3.05) is 12.8 Å². The topological polar surface area (TPSA) is 59.0 Å². The molecule has 0 aliphatic heterocycles. The van der Waals surface area contributed by atoms with E-state index >= 15 is 0 Å². The van der Waals surface area contributed by atoms with E-state index in [0.717, 1.165) is 40.1 Å². The molecule has 0 radical (unpaired) electrons. The first-order valence-electron chi connectivity index (χ1n) is 7.38. The molecule has 1 atom stereocenters. The van der Waals surface area contributed by atoms with Crippen molar-refractivity contribution in [3.63, 3.8) is 0 Å². The Kier molecular flexibility index (Phi) is 3.60. The summed E-state index contributed by atoms with van der Waals surface area (Å²) in [5, 5.41) is 9.70. The van der Waals surface area contributed by atoms with Gasteiger partial charge in [-0.25, -0.2) is 0 Å². The molecule has 1 aliphatic carbocycles. The minimum absolute atomic E-state index is 0.235. The third kappa shape index (κ3) is 2.14. The van der Waals surface area contributed by atoms with Crippen LogP contribution in [-0.2, 0) is 0 Å². The van der Waals surface area contributed by atoms with Gasteiger partial charge in [-0.3, -0.25) is 0 Å². The number of nitrogens with two attached hydrogens (primary N) is 1. The van der Waals surface area contributed by atoms with Gasteiger partial charge >= 0.3 is 0 Å². The van der Waals surface area contributed by atoms with E-state index in [1.165, 1.54) is 5.56 Å². The summed E-state index contributed by atoms with van der Waals surface area (Å²) < 4.78 is 5.31. The molecule has 110 valence electrons. The molecular formula is C19H18N2O. The van der Waals surface area contributed by atoms with Crippen LogP contribution in [0.4, 0.5) is 5.69 Å². The lowest BCUT2D eigenvalue weighted by atomic mass is 9.88. The van der Waals surface area contributed by atoms with Crippen molar-refractivity contribution >= 4 is 16.8 Å². The van der Waals surface area contributed by atoms with E-state index in [1.54, 1.807) is 7.11 Å². The number of ether oxygens (including phenoxy) is 1. The van der Waals surface area contributed by atoms with Crippen molar-refractivity contribution in [1.82, 2.24) is 0 Å². The summed E-state index contributed by atoms with van der Waals surface area (Å²) in [7, 11) is 1.64. The van der Waals surface area contributed by atoms with E-state index in [0.29, 0.717) is 0 Å². The lowest BCUT2D eigenvalue weighted by Crippen LogP contribution is -1.97. The zero-order valence-electron chi connectivity index (χ0n) is 12.8. The van der Waals surface area contributed by atoms with Gasteiger partial charge in [-0.2, -0.15) is 5.26 Å². The average Bonchev–Trinajstić information content (AvgIpc) is 2.87. The van der Waals surface area contributed by atoms with Gasteiger partial charge in [0.1, 0.15) is 11.8 Å². The molecule has 3 heteroatoms. The molecule has 22 heavy (non-hydrogen) atoms. The number of fused-ring (bicyclic) bond motifs is 1. The van der Waals surface area contributed by atoms with Gasteiger partial charge in [0.25, 0.3) is 0 Å². The van der Waals surface area contributed by atoms with Gasteiger partial charge in [0, 0.05) is 17.2 Å². The number of nitriles is 1. The standard InChI is InChI=1S/C19H18N2O/c1-3-15-16-9-8-14(22-2)10-17(16)18(11-20)19(15)12-4-6-13(21)7-5-12/h4-10,15H,3,21H2,1-2H3. The number of nitrogens with zero attached hydrogens (tertiary/aromatic N) is 1. The molecule has 3 rings (SSSR count). The van der Waals surface area contributed by atoms with Crippen molar-refractivity contribution < 1.29 is 4.74 Å². The predicted molar refractivity (Wildman–Crippen MR) is 89.3 cm³/mol. The molecule has 2 aromatic carbocycles. The second kappa shape index (κ2) is 5.57. The van der Waals surface area contributed by atoms with Crippen LogP contribution in [0.1, 0.15) is 36.0 Å². The van der Waals surface area contributed by atoms with Gasteiger partial charge < -0.3 is 10.5 Å². The molecule has 0 aromatic heterocycles. The maximum atomic E-state index is 9.70. The Bertz CT molecular complexity index is 782. The van der Waals surface area contributed by atoms with E-state index in [-0.39, 0.29) is 5.92 Å². The molecule has 0 saturated carbocycles. The molecule has 1 aliphatic rings. The fourth-order valence-corrected chi connectivity index (χ4v) is 3.21. The van der Waals surface area contributed by atoms with Crippen LogP contribution in [0.5, 0.6) is 5.75 Å². The molecule has 0 fully saturated rings. The molecule has 0 saturated heterocycles. The van der Waals surface area contributed by atoms with Crippen molar-refractivity contribution in [2.45, 2.75) is 19.3 Å². The monoisotopic (exact) mass is 290 g/mol. The first-order valence-corrected chi connectivity index (χ1v) is 7.38. The van der Waals surface area contributed by atoms with E-state index in [2.05, 4.69) is 19.1 Å². The molecule has 0 heterocycles. The summed E-state index contributed by atoms with van der Waals surface area (Å²) in [5.41, 5.74) is 11.6. The van der Waals surface area contributed by atoms with Crippen LogP contribution < -0.4 is 10.5 Å². The van der Waals surface area contributed by atoms with Crippen LogP contribution in [0, 0.1) is 11.3 Å². The van der Waals surface area contributed by atoms with Gasteiger partial charge in [0.05, 0.1) is 12.7 Å². The average molecular weight is 290 g/mol. The van der Waals surface area contributed by atoms with Crippen LogP contribution in [0.15, 0.2) is 42.5 Å². The van der Waals surface area contributed by atoms with Gasteiger partial charge in [-0.15, -0.1) is 0 Å². The third-order valence-corrected chi connectivity index (χ3v) is 4.26. The number of hydrogen-bond acceptors (Lipinski definition) is 3. The largest absolute Gasteiger partial charge is 0.497 e. The van der Waals surface area contributed by atoms with E-state index in [9.17, 15) is 5.26 Å². The van der Waals surface area contributed by atoms with Crippen LogP contribution in [0.25, 0.3) is 11.1 Å². The minimum atomic E-state index is 0.235. The van der Waals surface area contributed by atoms with Crippen molar-refractivity contribution in [3.05, 3.63) is 59.2 Å². The number of nitrogen functional groups attached to an aromatic ring is 1. The zero-order chi connectivity index (χ0) is 15.7. The van der Waals surface area contributed by atoms with Crippen LogP contribution in [0.2, 0.25) is 0 Å². The SMILES string of the molecule is CCC1C(c2ccc(N)cc2)=C(C#N)c2cc(OC)ccc21. The zero-order valence-corrected chi connectivity index (χ0v) is 12.8. The van der Waals surface area contributed by atoms with Gasteiger partial charge in [-0.05, 0) is 47.4 Å². The molecule has 0 bridgehead atoms. The third-order valence-electron chi connectivity index (χ3n) is 4.26. The van der Waals surface area contributed by atoms with Gasteiger partial charge in [-0.1, -0.05) is 25.1 Å². The fraction of sp³-hybridized carbons (Fsp3) is 0.211. The Morgan fingerprint density at radius 2 is 1.91 bits per heavy atom. The van der Waals surface area contributed by atoms with Gasteiger partial charge in [0.15, 0.2) is 0 Å². The minimum Gasteiger partial charge on any atom is -0.497 e. The smallest absolute Gasteiger partial charge is 0.119 e. The highest BCUT2D eigenvalue weighted by molar-refractivity contribution is 6.05. The molecule has 0 spiro atoms. The van der Waals surface area contributed by atoms with E-state index < -0.39 is 0 Å². The molecule has 0 amide bonds. The number of anilines is 1. The summed E-state index contributed by atoms with van der Waals surface area (Å²) in [4.78, 5) is 0. The van der Waals surface area contributed by atoms with E-state index in [4.69, 9.17) is 10.5 Å². The van der Waals surface area contributed by atoms with Crippen LogP contribution in [-0.4, -0.2) is 7.11 Å². The molecular weight excluding hydrogens is 272 g/mol. The molecule has 1 unspecified atom stereocenters. The Balaban J connectivity index is 2.22. The number of rotatable bonds is 3. The number of methoxy groups -OCH3 is 1. The van der Waals surface area contributed by atoms with Crippen molar-refractivity contribution in [1.29, 1.82) is 5.26 Å². The lowest BCUT2D eigenvalue weighted by Gasteiger charge is -2.15. The number of hydrogen-bond donors (Lipinski definition) is 1. The van der Waals surface area contributed by atoms with Crippen molar-refractivity contribution in [3.8, 4) is 11.8 Å².